The smallest absolute Gasteiger partial charge is 0.325 e. The van der Waals surface area contributed by atoms with Crippen LogP contribution in [-0.2, 0) is 39.9 Å². The molecule has 0 radical (unpaired) electrons. The monoisotopic (exact) mass is 1110 g/mol. The van der Waals surface area contributed by atoms with Gasteiger partial charge >= 0.3 is 5.97 Å². The van der Waals surface area contributed by atoms with E-state index in [-0.39, 0.29) is 92.1 Å². The molecule has 0 aliphatic carbocycles. The average molecular weight is 1110 g/mol. The number of Topliss-reactive ketones (excluding diaryl/α,β-unsaturated/α-hetero) is 1. The van der Waals surface area contributed by atoms with Crippen molar-refractivity contribution in [2.45, 2.75) is 219 Å². The molecule has 11 N–H and O–H groups in total. The summed E-state index contributed by atoms with van der Waals surface area (Å²) in [6, 6.07) is 3.22. The van der Waals surface area contributed by atoms with Gasteiger partial charge in [0.05, 0.1) is 48.6 Å². The number of rotatable bonds is 16. The number of hydrogen-bond donors (Lipinski definition) is 11. The van der Waals surface area contributed by atoms with Gasteiger partial charge in [0.25, 0.3) is 0 Å². The number of ether oxygens (including phenoxy) is 2. The lowest BCUT2D eigenvalue weighted by atomic mass is 9.69. The lowest BCUT2D eigenvalue weighted by Crippen LogP contribution is -2.71. The lowest BCUT2D eigenvalue weighted by molar-refractivity contribution is -0.267. The summed E-state index contributed by atoms with van der Waals surface area (Å²) >= 11 is 0. The van der Waals surface area contributed by atoms with Gasteiger partial charge in [-0.1, -0.05) is 97.9 Å². The van der Waals surface area contributed by atoms with Gasteiger partial charge in [0, 0.05) is 55.4 Å². The minimum Gasteiger partial charge on any atom is -0.508 e. The van der Waals surface area contributed by atoms with Crippen LogP contribution >= 0.6 is 0 Å². The Labute approximate surface area is 468 Å². The highest BCUT2D eigenvalue weighted by molar-refractivity contribution is 5.89. The fourth-order valence-corrected chi connectivity index (χ4v) is 11.7. The van der Waals surface area contributed by atoms with Gasteiger partial charge in [-0.15, -0.1) is 0 Å². The van der Waals surface area contributed by atoms with Crippen LogP contribution in [0.15, 0.2) is 60.2 Å². The van der Waals surface area contributed by atoms with E-state index in [1.54, 1.807) is 58.1 Å². The van der Waals surface area contributed by atoms with Crippen LogP contribution in [0.25, 0.3) is 0 Å². The van der Waals surface area contributed by atoms with Crippen LogP contribution < -0.4 is 21.4 Å². The normalized spacial score (nSPS) is 36.0. The minimum atomic E-state index is -1.44. The van der Waals surface area contributed by atoms with Gasteiger partial charge in [0.15, 0.2) is 0 Å². The van der Waals surface area contributed by atoms with Crippen molar-refractivity contribution in [3.8, 4) is 5.75 Å². The number of aromatic hydroxyl groups is 1. The van der Waals surface area contributed by atoms with Crippen LogP contribution in [0.3, 0.4) is 0 Å². The molecule has 5 rings (SSSR count). The summed E-state index contributed by atoms with van der Waals surface area (Å²) in [5, 5.41) is 89.8. The molecule has 4 heterocycles. The van der Waals surface area contributed by atoms with Gasteiger partial charge in [-0.3, -0.25) is 19.2 Å². The summed E-state index contributed by atoms with van der Waals surface area (Å²) in [7, 11) is 0. The van der Waals surface area contributed by atoms with Gasteiger partial charge in [-0.2, -0.15) is 0 Å². The van der Waals surface area contributed by atoms with Gasteiger partial charge < -0.3 is 66.0 Å². The third-order valence-electron chi connectivity index (χ3n) is 17.4. The molecule has 19 nitrogen and oxygen atoms in total. The molecular formula is C60H95N5O14. The summed E-state index contributed by atoms with van der Waals surface area (Å²) in [6.45, 7) is 18.2. The molecule has 2 bridgehead atoms. The highest BCUT2D eigenvalue weighted by atomic mass is 16.5. The van der Waals surface area contributed by atoms with Crippen molar-refractivity contribution in [2.24, 2.45) is 47.3 Å². The minimum absolute atomic E-state index is 0.0272. The van der Waals surface area contributed by atoms with Crippen molar-refractivity contribution in [1.29, 1.82) is 0 Å². The number of carbonyl (C=O) groups excluding carboxylic acids is 5. The van der Waals surface area contributed by atoms with E-state index in [9.17, 15) is 59.7 Å². The third-order valence-corrected chi connectivity index (χ3v) is 17.4. The van der Waals surface area contributed by atoms with Crippen molar-refractivity contribution in [3.63, 3.8) is 0 Å². The second-order valence-electron chi connectivity index (χ2n) is 23.8. The van der Waals surface area contributed by atoms with Crippen LogP contribution in [-0.4, -0.2) is 150 Å². The molecule has 20 atom stereocenters. The van der Waals surface area contributed by atoms with Crippen LogP contribution in [0.1, 0.15) is 145 Å². The molecular weight excluding hydrogens is 1010 g/mol. The number of hydrogen-bond acceptors (Lipinski definition) is 16. The molecule has 4 aliphatic heterocycles. The molecule has 1 aromatic carbocycles. The number of carbonyl (C=O) groups is 5. The van der Waals surface area contributed by atoms with E-state index in [0.29, 0.717) is 49.7 Å². The van der Waals surface area contributed by atoms with Crippen molar-refractivity contribution in [1.82, 2.24) is 26.4 Å². The Hall–Kier alpha value is -4.57. The summed E-state index contributed by atoms with van der Waals surface area (Å²) in [5.41, 5.74) is 3.31. The number of phenolic OH excluding ortho intramolecular Hbond substituents is 1. The zero-order valence-corrected chi connectivity index (χ0v) is 48.3. The zero-order chi connectivity index (χ0) is 58.5. The van der Waals surface area contributed by atoms with E-state index in [2.05, 4.69) is 21.4 Å². The van der Waals surface area contributed by atoms with Crippen molar-refractivity contribution >= 4 is 29.5 Å². The zero-order valence-electron chi connectivity index (χ0n) is 48.3. The van der Waals surface area contributed by atoms with E-state index in [1.807, 2.05) is 40.7 Å². The van der Waals surface area contributed by atoms with Crippen molar-refractivity contribution < 1.29 is 69.2 Å². The van der Waals surface area contributed by atoms with E-state index < -0.39 is 108 Å². The summed E-state index contributed by atoms with van der Waals surface area (Å²) in [6.07, 6.45) is 3.98. The number of amides is 3. The summed E-state index contributed by atoms with van der Waals surface area (Å²) in [5.74, 6) is -5.91. The number of aliphatic hydroxyl groups excluding tert-OH is 6. The molecule has 3 amide bonds. The van der Waals surface area contributed by atoms with Gasteiger partial charge in [0.1, 0.15) is 41.7 Å². The first kappa shape index (κ1) is 65.2. The fraction of sp³-hybridized carbons (Fsp3) is 0.717. The number of hydrazine groups is 1. The number of aliphatic hydroxyl groups is 6. The Morgan fingerprint density at radius 3 is 2.32 bits per heavy atom. The van der Waals surface area contributed by atoms with E-state index in [4.69, 9.17) is 9.47 Å². The first-order valence-electron chi connectivity index (χ1n) is 29.0. The van der Waals surface area contributed by atoms with Crippen LogP contribution in [0.5, 0.6) is 5.75 Å². The average Bonchev–Trinajstić information content (AvgIpc) is 3.49. The SMILES string of the molecule is CCC1CC(C)C2(NC1=O)OC(CC(O)C(C)CCC(O)CC=C(C)C1CC=CC=CC(O)C(C)C(O)C(CCC(C)=O)C(=O)NC(C(C)C)C(=O)NC(Cc3cccc(O)c3)C(O)N3CCCC(N3)C(=O)O1)C(C)C(O)C2C. The quantitative estimate of drug-likeness (QED) is 0.0808. The van der Waals surface area contributed by atoms with Crippen LogP contribution in [0.4, 0.5) is 0 Å². The molecule has 3 saturated heterocycles. The van der Waals surface area contributed by atoms with E-state index >= 15 is 0 Å². The fourth-order valence-electron chi connectivity index (χ4n) is 11.7. The molecule has 4 aliphatic rings. The summed E-state index contributed by atoms with van der Waals surface area (Å²) in [4.78, 5) is 67.8. The third kappa shape index (κ3) is 17.5. The molecule has 79 heavy (non-hydrogen) atoms. The topological polar surface area (TPSA) is 297 Å². The maximum absolute atomic E-state index is 14.3. The number of nitrogens with one attached hydrogen (secondary N) is 4. The first-order chi connectivity index (χ1) is 37.3. The number of nitrogens with zero attached hydrogens (tertiary/aromatic N) is 1. The molecule has 1 spiro atoms. The van der Waals surface area contributed by atoms with Gasteiger partial charge in [0.2, 0.25) is 17.7 Å². The van der Waals surface area contributed by atoms with Gasteiger partial charge in [-0.05, 0) is 107 Å². The Bertz CT molecular complexity index is 2280. The number of ketones is 1. The highest BCUT2D eigenvalue weighted by Crippen LogP contribution is 2.46. The Morgan fingerprint density at radius 2 is 1.65 bits per heavy atom. The van der Waals surface area contributed by atoms with Crippen molar-refractivity contribution in [2.75, 3.05) is 6.54 Å². The second kappa shape index (κ2) is 29.9. The predicted octanol–water partition coefficient (Wildman–Crippen LogP) is 4.39. The Morgan fingerprint density at radius 1 is 0.924 bits per heavy atom. The molecule has 1 aromatic rings. The van der Waals surface area contributed by atoms with Crippen LogP contribution in [0, 0.1) is 47.3 Å². The maximum atomic E-state index is 14.3. The Kier molecular flexibility index (Phi) is 24.7. The second-order valence-corrected chi connectivity index (χ2v) is 23.8. The number of allylic oxidation sites excluding steroid dienone is 2. The number of cyclic esters (lactones) is 1. The van der Waals surface area contributed by atoms with Gasteiger partial charge in [-0.25, -0.2) is 10.4 Å². The van der Waals surface area contributed by atoms with E-state index in [0.717, 1.165) is 0 Å². The molecule has 0 saturated carbocycles. The Balaban J connectivity index is 1.34. The highest BCUT2D eigenvalue weighted by Gasteiger charge is 2.57. The van der Waals surface area contributed by atoms with Crippen molar-refractivity contribution in [3.05, 3.63) is 65.8 Å². The number of esters is 1. The molecule has 20 unspecified atom stereocenters. The largest absolute Gasteiger partial charge is 0.508 e. The summed E-state index contributed by atoms with van der Waals surface area (Å²) < 4.78 is 12.9. The molecule has 19 heteroatoms. The number of phenols is 1. The molecule has 3 fully saturated rings. The number of benzene rings is 1. The number of fused-ring (bicyclic) bond motifs is 2. The lowest BCUT2D eigenvalue weighted by Gasteiger charge is -2.56. The standard InChI is InChI=1S/C60H95N5O14/c1-11-42-29-36(6)60(63-55(42)73)40(10)53(71)39(9)51(79-60)32-49(70)34(4)22-25-43(67)26-23-35(5)50-21-14-12-13-20-48(69)38(8)54(72)45(27-24-37(7)66)56(74)62-52(33(2)3)57(75)61-47(31-41-17-15-18-44(68)30-41)58(76)65-28-16-19-46(64-65)59(77)78-50/h12-15,17-18,20,23,30,33-34,36,38-40,42-43,45-54,58,64,67-72,76H,11,16,19,21-22,24-29,31-32H2,1-10H3,(H,61,75)(H,62,74)(H,63,73). The number of piperidine rings is 1. The molecule has 444 valence electrons. The maximum Gasteiger partial charge on any atom is 0.325 e. The molecule has 0 aromatic heterocycles. The first-order valence-corrected chi connectivity index (χ1v) is 29.0. The predicted molar refractivity (Wildman–Crippen MR) is 298 cm³/mol. The van der Waals surface area contributed by atoms with E-state index in [1.165, 1.54) is 30.1 Å². The van der Waals surface area contributed by atoms with Crippen LogP contribution in [0.2, 0.25) is 0 Å².